The van der Waals surface area contributed by atoms with Gasteiger partial charge in [0, 0.05) is 38.9 Å². The SMILES string of the molecule is CCCCCCCCCCCCCCC(O)CCCCCCCCCC1CCC(=O)C2=C(C(C)CN2C)N(C)C1=O. The van der Waals surface area contributed by atoms with Gasteiger partial charge in [-0.05, 0) is 25.7 Å². The lowest BCUT2D eigenvalue weighted by molar-refractivity contribution is -0.134. The van der Waals surface area contributed by atoms with Crippen LogP contribution < -0.4 is 0 Å². The number of carbonyl (C=O) groups excluding carboxylic acids is 2. The van der Waals surface area contributed by atoms with E-state index >= 15 is 0 Å². The summed E-state index contributed by atoms with van der Waals surface area (Å²) >= 11 is 0. The van der Waals surface area contributed by atoms with E-state index in [0.717, 1.165) is 56.5 Å². The van der Waals surface area contributed by atoms with Crippen molar-refractivity contribution in [2.45, 2.75) is 174 Å². The highest BCUT2D eigenvalue weighted by atomic mass is 16.3. The lowest BCUT2D eigenvalue weighted by Gasteiger charge is -2.29. The second kappa shape index (κ2) is 21.3. The molecule has 2 heterocycles. The molecule has 0 saturated carbocycles. The fourth-order valence-electron chi connectivity index (χ4n) is 7.09. The molecule has 0 aromatic carbocycles. The van der Waals surface area contributed by atoms with Gasteiger partial charge >= 0.3 is 0 Å². The van der Waals surface area contributed by atoms with Gasteiger partial charge in [0.05, 0.1) is 11.8 Å². The van der Waals surface area contributed by atoms with Gasteiger partial charge in [-0.2, -0.15) is 0 Å². The number of amides is 1. The first kappa shape index (κ1) is 35.8. The predicted molar refractivity (Wildman–Crippen MR) is 173 cm³/mol. The molecule has 41 heavy (non-hydrogen) atoms. The van der Waals surface area contributed by atoms with Gasteiger partial charge in [0.15, 0.2) is 5.78 Å². The van der Waals surface area contributed by atoms with Gasteiger partial charge in [0.1, 0.15) is 5.70 Å². The van der Waals surface area contributed by atoms with Crippen molar-refractivity contribution in [3.63, 3.8) is 0 Å². The van der Waals surface area contributed by atoms with Crippen LogP contribution in [-0.4, -0.2) is 53.3 Å². The van der Waals surface area contributed by atoms with Gasteiger partial charge in [0.2, 0.25) is 5.91 Å². The molecular weight excluding hydrogens is 508 g/mol. The van der Waals surface area contributed by atoms with E-state index < -0.39 is 0 Å². The average Bonchev–Trinajstić information content (AvgIpc) is 3.25. The van der Waals surface area contributed by atoms with E-state index in [1.807, 2.05) is 19.0 Å². The van der Waals surface area contributed by atoms with Gasteiger partial charge in [-0.25, -0.2) is 0 Å². The van der Waals surface area contributed by atoms with Crippen LogP contribution in [0.15, 0.2) is 11.4 Å². The Hall–Kier alpha value is -1.36. The third kappa shape index (κ3) is 13.7. The summed E-state index contributed by atoms with van der Waals surface area (Å²) in [5, 5.41) is 10.3. The van der Waals surface area contributed by atoms with Crippen molar-refractivity contribution in [3.8, 4) is 0 Å². The third-order valence-corrected chi connectivity index (χ3v) is 9.64. The minimum atomic E-state index is -0.107. The Morgan fingerprint density at radius 2 is 1.20 bits per heavy atom. The van der Waals surface area contributed by atoms with E-state index in [0.29, 0.717) is 12.8 Å². The third-order valence-electron chi connectivity index (χ3n) is 9.64. The summed E-state index contributed by atoms with van der Waals surface area (Å²) in [5.74, 6) is 0.606. The van der Waals surface area contributed by atoms with Crippen molar-refractivity contribution in [3.05, 3.63) is 11.4 Å². The molecule has 2 rings (SSSR count). The van der Waals surface area contributed by atoms with Crippen LogP contribution in [0.4, 0.5) is 0 Å². The monoisotopic (exact) mass is 575 g/mol. The molecule has 2 aliphatic rings. The summed E-state index contributed by atoms with van der Waals surface area (Å²) in [7, 11) is 3.84. The maximum absolute atomic E-state index is 13.2. The topological polar surface area (TPSA) is 60.9 Å². The lowest BCUT2D eigenvalue weighted by atomic mass is 9.90. The van der Waals surface area contributed by atoms with Crippen molar-refractivity contribution in [1.29, 1.82) is 0 Å². The molecule has 0 aromatic heterocycles. The molecule has 0 radical (unpaired) electrons. The molecule has 5 heteroatoms. The number of rotatable bonds is 23. The summed E-state index contributed by atoms with van der Waals surface area (Å²) in [6.45, 7) is 5.21. The zero-order chi connectivity index (χ0) is 29.9. The Kier molecular flexibility index (Phi) is 18.7. The van der Waals surface area contributed by atoms with Crippen LogP contribution in [0.5, 0.6) is 0 Å². The maximum atomic E-state index is 13.2. The highest BCUT2D eigenvalue weighted by Gasteiger charge is 2.38. The molecule has 0 spiro atoms. The molecule has 1 amide bonds. The molecule has 2 aliphatic heterocycles. The van der Waals surface area contributed by atoms with Crippen LogP contribution in [0.1, 0.15) is 168 Å². The summed E-state index contributed by atoms with van der Waals surface area (Å²) in [5.41, 5.74) is 1.70. The number of carbonyl (C=O) groups is 2. The first-order valence-corrected chi connectivity index (χ1v) is 17.8. The number of hydrogen-bond acceptors (Lipinski definition) is 4. The zero-order valence-corrected chi connectivity index (χ0v) is 27.6. The number of allylic oxidation sites excluding steroid dienone is 1. The highest BCUT2D eigenvalue weighted by Crippen LogP contribution is 2.35. The summed E-state index contributed by atoms with van der Waals surface area (Å²) < 4.78 is 0. The number of Topliss-reactive ketones (excluding diaryl/α,β-unsaturated/α-hetero) is 1. The molecule has 1 N–H and O–H groups in total. The zero-order valence-electron chi connectivity index (χ0n) is 27.6. The van der Waals surface area contributed by atoms with Gasteiger partial charge in [-0.3, -0.25) is 9.59 Å². The molecule has 0 saturated heterocycles. The average molecular weight is 575 g/mol. The summed E-state index contributed by atoms with van der Waals surface area (Å²) in [6, 6.07) is 0. The first-order chi connectivity index (χ1) is 19.9. The van der Waals surface area contributed by atoms with Crippen LogP contribution in [-0.2, 0) is 9.59 Å². The van der Waals surface area contributed by atoms with E-state index in [4.69, 9.17) is 0 Å². The van der Waals surface area contributed by atoms with Crippen LogP contribution in [0.2, 0.25) is 0 Å². The summed E-state index contributed by atoms with van der Waals surface area (Å²) in [4.78, 5) is 29.9. The Balaban J connectivity index is 1.42. The van der Waals surface area contributed by atoms with E-state index in [2.05, 4.69) is 13.8 Å². The maximum Gasteiger partial charge on any atom is 0.229 e. The lowest BCUT2D eigenvalue weighted by Crippen LogP contribution is -2.37. The standard InChI is InChI=1S/C36H66N2O3/c1-5-6-7-8-9-10-11-12-13-16-19-22-25-32(39)26-23-20-17-14-15-18-21-24-31-27-28-33(40)35-34(38(4)36(31)41)30(2)29-37(35)3/h30-32,39H,5-29H2,1-4H3. The largest absolute Gasteiger partial charge is 0.393 e. The number of likely N-dealkylation sites (N-methyl/N-ethyl adjacent to an activating group) is 1. The number of aliphatic hydroxyl groups is 1. The Bertz CT molecular complexity index is 764. The van der Waals surface area contributed by atoms with Crippen molar-refractivity contribution < 1.29 is 14.7 Å². The molecule has 3 unspecified atom stereocenters. The molecular formula is C36H66N2O3. The van der Waals surface area contributed by atoms with E-state index in [9.17, 15) is 14.7 Å². The Morgan fingerprint density at radius 1 is 0.732 bits per heavy atom. The normalized spacial score (nSPS) is 20.5. The van der Waals surface area contributed by atoms with Gasteiger partial charge < -0.3 is 14.9 Å². The van der Waals surface area contributed by atoms with Crippen LogP contribution in [0, 0.1) is 11.8 Å². The van der Waals surface area contributed by atoms with Crippen molar-refractivity contribution in [2.24, 2.45) is 11.8 Å². The molecule has 238 valence electrons. The quantitative estimate of drug-likeness (QED) is 0.124. The van der Waals surface area contributed by atoms with Gasteiger partial charge in [-0.15, -0.1) is 0 Å². The van der Waals surface area contributed by atoms with Gasteiger partial charge in [0.25, 0.3) is 0 Å². The molecule has 0 aliphatic carbocycles. The molecule has 5 nitrogen and oxygen atoms in total. The predicted octanol–water partition coefficient (Wildman–Crippen LogP) is 9.18. The molecule has 0 fully saturated rings. The van der Waals surface area contributed by atoms with Crippen LogP contribution in [0.25, 0.3) is 0 Å². The van der Waals surface area contributed by atoms with E-state index in [1.165, 1.54) is 103 Å². The first-order valence-electron chi connectivity index (χ1n) is 17.8. The second-order valence-electron chi connectivity index (χ2n) is 13.5. The Labute approximate surface area is 253 Å². The number of nitrogens with zero attached hydrogens (tertiary/aromatic N) is 2. The number of unbranched alkanes of at least 4 members (excludes halogenated alkanes) is 17. The second-order valence-corrected chi connectivity index (χ2v) is 13.5. The summed E-state index contributed by atoms with van der Waals surface area (Å²) in [6.07, 6.45) is 28.6. The van der Waals surface area contributed by atoms with E-state index in [1.54, 1.807) is 4.90 Å². The van der Waals surface area contributed by atoms with Crippen molar-refractivity contribution in [1.82, 2.24) is 9.80 Å². The minimum Gasteiger partial charge on any atom is -0.393 e. The number of ketones is 1. The fraction of sp³-hybridized carbons (Fsp3) is 0.889. The van der Waals surface area contributed by atoms with Gasteiger partial charge in [-0.1, -0.05) is 136 Å². The molecule has 0 aromatic rings. The highest BCUT2D eigenvalue weighted by molar-refractivity contribution is 5.98. The van der Waals surface area contributed by atoms with Crippen LogP contribution >= 0.6 is 0 Å². The van der Waals surface area contributed by atoms with Crippen molar-refractivity contribution in [2.75, 3.05) is 20.6 Å². The molecule has 3 atom stereocenters. The van der Waals surface area contributed by atoms with Crippen molar-refractivity contribution >= 4 is 11.7 Å². The minimum absolute atomic E-state index is 0.0253. The van der Waals surface area contributed by atoms with E-state index in [-0.39, 0.29) is 29.6 Å². The smallest absolute Gasteiger partial charge is 0.229 e. The fourth-order valence-corrected chi connectivity index (χ4v) is 7.09. The molecule has 0 bridgehead atoms. The number of hydrogen-bond donors (Lipinski definition) is 1. The number of aliphatic hydroxyl groups excluding tert-OH is 1. The Morgan fingerprint density at radius 3 is 1.71 bits per heavy atom. The van der Waals surface area contributed by atoms with Crippen LogP contribution in [0.3, 0.4) is 0 Å².